The fourth-order valence-electron chi connectivity index (χ4n) is 13.6. The van der Waals surface area contributed by atoms with E-state index in [0.29, 0.717) is 16.6 Å². The van der Waals surface area contributed by atoms with Crippen LogP contribution in [0.5, 0.6) is 0 Å². The first-order valence-electron chi connectivity index (χ1n) is 40.3. The van der Waals surface area contributed by atoms with Crippen molar-refractivity contribution >= 4 is 183 Å². The first-order chi connectivity index (χ1) is 61.2. The van der Waals surface area contributed by atoms with E-state index in [1.165, 1.54) is 93.7 Å². The zero-order valence-electron chi connectivity index (χ0n) is 67.9. The van der Waals surface area contributed by atoms with Crippen LogP contribution in [0, 0.1) is 0 Å². The third kappa shape index (κ3) is 26.4. The number of carbonyl (C=O) groups excluding carboxylic acids is 2. The van der Waals surface area contributed by atoms with Crippen LogP contribution in [0.15, 0.2) is 541 Å². The monoisotopic (exact) mass is 1920 g/mol. The summed E-state index contributed by atoms with van der Waals surface area (Å²) in [6, 6.07) is 173. The van der Waals surface area contributed by atoms with Gasteiger partial charge in [-0.3, -0.25) is 9.59 Å². The molecule has 15 heteroatoms. The summed E-state index contributed by atoms with van der Waals surface area (Å²) in [5.41, 5.74) is 4.27. The standard InChI is InChI=1S/C19H12OS2.4C18H15P.C12H9BO2S2.C7H5BrO.Pd/c20-12-13-5-3-6-14(11-13)15-7-4-10-18-19(15)22-17-9-2-1-8-16(17)21-18;4*1-4-10-16(11-5-1)19(17-12-6-2-7-13-17)18-14-8-3-9-15-18;14-13(15)8-4-3-7-11-12(8)17-10-6-2-1-5-9(10)16-11;8-7-3-1-2-6(4-7)5-9;/h1-12H;4*1-15H;1-7,14-15H;1-5H;. The summed E-state index contributed by atoms with van der Waals surface area (Å²) in [7, 11) is -3.20. The van der Waals surface area contributed by atoms with Crippen molar-refractivity contribution in [3.05, 3.63) is 513 Å². The van der Waals surface area contributed by atoms with Crippen LogP contribution in [0.25, 0.3) is 11.1 Å². The molecule has 0 atom stereocenters. The maximum atomic E-state index is 11.0. The number of hydrogen-bond donors (Lipinski definition) is 2. The van der Waals surface area contributed by atoms with Crippen molar-refractivity contribution < 1.29 is 40.1 Å². The van der Waals surface area contributed by atoms with E-state index in [4.69, 9.17) is 0 Å². The summed E-state index contributed by atoms with van der Waals surface area (Å²) >= 11 is 10.1. The Morgan fingerprint density at radius 1 is 0.224 bits per heavy atom. The second-order valence-electron chi connectivity index (χ2n) is 27.8. The van der Waals surface area contributed by atoms with Gasteiger partial charge in [-0.25, -0.2) is 0 Å². The van der Waals surface area contributed by atoms with Gasteiger partial charge >= 0.3 is 7.12 Å². The third-order valence-corrected chi connectivity index (χ3v) is 34.8. The molecule has 0 unspecified atom stereocenters. The Labute approximate surface area is 779 Å². The minimum absolute atomic E-state index is 0. The van der Waals surface area contributed by atoms with Gasteiger partial charge in [-0.2, -0.15) is 0 Å². The third-order valence-electron chi connectivity index (χ3n) is 19.3. The van der Waals surface area contributed by atoms with E-state index in [-0.39, 0.29) is 20.4 Å². The first kappa shape index (κ1) is 92.2. The van der Waals surface area contributed by atoms with Gasteiger partial charge in [-0.15, -0.1) is 0 Å². The van der Waals surface area contributed by atoms with Crippen LogP contribution in [0.2, 0.25) is 0 Å². The topological polar surface area (TPSA) is 74.6 Å². The number of benzene rings is 18. The van der Waals surface area contributed by atoms with Gasteiger partial charge in [0.2, 0.25) is 0 Å². The Morgan fingerprint density at radius 3 is 0.696 bits per heavy atom. The molecule has 0 saturated heterocycles. The molecule has 0 aliphatic carbocycles. The second kappa shape index (κ2) is 49.4. The molecule has 0 aromatic heterocycles. The number of aldehydes is 2. The summed E-state index contributed by atoms with van der Waals surface area (Å²) in [5, 5.41) is 35.5. The summed E-state index contributed by atoms with van der Waals surface area (Å²) in [4.78, 5) is 30.7. The van der Waals surface area contributed by atoms with Crippen LogP contribution >= 0.6 is 94.7 Å². The fourth-order valence-corrected chi connectivity index (χ4v) is 28.1. The molecule has 0 bridgehead atoms. The number of fused-ring (bicyclic) bond motifs is 4. The van der Waals surface area contributed by atoms with Gasteiger partial charge in [0.1, 0.15) is 12.6 Å². The maximum absolute atomic E-state index is 11.0. The smallest absolute Gasteiger partial charge is 0.423 e. The van der Waals surface area contributed by atoms with Crippen molar-refractivity contribution in [1.82, 2.24) is 0 Å². The molecule has 2 aliphatic rings. The first-order valence-corrected chi connectivity index (χ1v) is 49.7. The Hall–Kier alpha value is -10.5. The quantitative estimate of drug-likeness (QED) is 0.0563. The molecular weight excluding hydrogens is 1830 g/mol. The largest absolute Gasteiger partial charge is 0.489 e. The van der Waals surface area contributed by atoms with E-state index in [1.807, 2.05) is 78.1 Å². The predicted octanol–water partition coefficient (Wildman–Crippen LogP) is 23.8. The van der Waals surface area contributed by atoms with Gasteiger partial charge in [0.25, 0.3) is 0 Å². The molecule has 18 aromatic rings. The Kier molecular flexibility index (Phi) is 36.5. The summed E-state index contributed by atoms with van der Waals surface area (Å²) in [6.45, 7) is 0. The van der Waals surface area contributed by atoms with Crippen molar-refractivity contribution in [1.29, 1.82) is 0 Å². The van der Waals surface area contributed by atoms with E-state index in [9.17, 15) is 19.6 Å². The Morgan fingerprint density at radius 2 is 0.440 bits per heavy atom. The fraction of sp³-hybridized carbons (Fsp3) is 0. The molecule has 2 N–H and O–H groups in total. The van der Waals surface area contributed by atoms with Crippen LogP contribution in [0.1, 0.15) is 20.7 Å². The SMILES string of the molecule is O=Cc1cccc(-c2cccc3c2Sc2ccccc2S3)c1.O=Cc1cccc(Br)c1.OB(O)c1cccc2c1Sc1ccccc1S2.[Pd].c1ccc(P(c2ccccc2)c2ccccc2)cc1.c1ccc(P(c2ccccc2)c2ccccc2)cc1.c1ccc(P(c2ccccc2)c2ccccc2)cc1.c1ccc(P(c2ccccc2)c2ccccc2)cc1. The summed E-state index contributed by atoms with van der Waals surface area (Å²) in [5.74, 6) is 0. The van der Waals surface area contributed by atoms with E-state index < -0.39 is 38.8 Å². The molecule has 125 heavy (non-hydrogen) atoms. The van der Waals surface area contributed by atoms with Gasteiger partial charge in [-0.1, -0.05) is 506 Å². The van der Waals surface area contributed by atoms with E-state index in [2.05, 4.69) is 441 Å². The minimum atomic E-state index is -1.41. The molecular formula is C110H86BBrO4P4PdS4. The Balaban J connectivity index is 0.000000126. The molecule has 0 radical (unpaired) electrons. The molecule has 20 rings (SSSR count). The van der Waals surface area contributed by atoms with Crippen LogP contribution in [-0.2, 0) is 20.4 Å². The normalized spacial score (nSPS) is 11.0. The minimum Gasteiger partial charge on any atom is -0.423 e. The van der Waals surface area contributed by atoms with Gasteiger partial charge in [-0.05, 0) is 167 Å². The average molecular weight is 1920 g/mol. The van der Waals surface area contributed by atoms with Gasteiger partial charge in [0, 0.05) is 75.2 Å². The predicted molar refractivity (Wildman–Crippen MR) is 543 cm³/mol. The maximum Gasteiger partial charge on any atom is 0.489 e. The molecule has 0 amide bonds. The van der Waals surface area contributed by atoms with Gasteiger partial charge < -0.3 is 10.0 Å². The second-order valence-corrected chi connectivity index (χ2v) is 41.8. The van der Waals surface area contributed by atoms with Crippen molar-refractivity contribution in [2.45, 2.75) is 39.2 Å². The van der Waals surface area contributed by atoms with Crippen molar-refractivity contribution in [3.8, 4) is 11.1 Å². The Bertz CT molecular complexity index is 5440. The summed E-state index contributed by atoms with van der Waals surface area (Å²) in [6.07, 6.45) is 1.72. The zero-order valence-corrected chi connectivity index (χ0v) is 77.9. The van der Waals surface area contributed by atoms with Crippen LogP contribution in [-0.4, -0.2) is 29.7 Å². The number of hydrogen-bond acceptors (Lipinski definition) is 8. The van der Waals surface area contributed by atoms with Crippen molar-refractivity contribution in [2.75, 3.05) is 0 Å². The zero-order chi connectivity index (χ0) is 85.1. The van der Waals surface area contributed by atoms with Gasteiger partial charge in [0.05, 0.1) is 0 Å². The number of carbonyl (C=O) groups is 2. The van der Waals surface area contributed by atoms with Crippen LogP contribution in [0.3, 0.4) is 0 Å². The van der Waals surface area contributed by atoms with Crippen molar-refractivity contribution in [2.24, 2.45) is 0 Å². The molecule has 4 nitrogen and oxygen atoms in total. The molecule has 2 aliphatic heterocycles. The average Bonchev–Trinajstić information content (AvgIpc) is 0.787. The van der Waals surface area contributed by atoms with E-state index >= 15 is 0 Å². The van der Waals surface area contributed by atoms with E-state index in [1.54, 1.807) is 41.7 Å². The van der Waals surface area contributed by atoms with Crippen molar-refractivity contribution in [3.63, 3.8) is 0 Å². The molecule has 0 fully saturated rings. The van der Waals surface area contributed by atoms with E-state index in [0.717, 1.165) is 37.3 Å². The molecule has 614 valence electrons. The molecule has 0 saturated carbocycles. The van der Waals surface area contributed by atoms with Crippen LogP contribution in [0.4, 0.5) is 0 Å². The molecule has 0 spiro atoms. The number of halogens is 1. The molecule has 18 aromatic carbocycles. The summed E-state index contributed by atoms with van der Waals surface area (Å²) < 4.78 is 0.937. The van der Waals surface area contributed by atoms with Gasteiger partial charge in [0.15, 0.2) is 0 Å². The van der Waals surface area contributed by atoms with Crippen LogP contribution < -0.4 is 69.1 Å². The molecule has 2 heterocycles. The number of rotatable bonds is 16.